The van der Waals surface area contributed by atoms with Gasteiger partial charge in [-0.05, 0) is 12.1 Å². The van der Waals surface area contributed by atoms with Crippen LogP contribution in [0.2, 0.25) is 0 Å². The lowest BCUT2D eigenvalue weighted by atomic mass is 10.1. The molecule has 86 valence electrons. The van der Waals surface area contributed by atoms with Gasteiger partial charge in [0.05, 0.1) is 23.3 Å². The second kappa shape index (κ2) is 3.53. The molecule has 4 heteroatoms. The highest BCUT2D eigenvalue weighted by atomic mass is 16.3. The highest BCUT2D eigenvalue weighted by Crippen LogP contribution is 2.28. The molecule has 2 atom stereocenters. The molecule has 17 heavy (non-hydrogen) atoms. The van der Waals surface area contributed by atoms with Crippen molar-refractivity contribution in [2.24, 2.45) is 0 Å². The fraction of sp³-hybridized carbons (Fsp3) is 0.231. The Labute approximate surface area is 98.2 Å². The smallest absolute Gasteiger partial charge is 0.262 e. The first-order valence-electron chi connectivity index (χ1n) is 5.52. The van der Waals surface area contributed by atoms with Gasteiger partial charge in [0.1, 0.15) is 0 Å². The van der Waals surface area contributed by atoms with E-state index in [1.54, 1.807) is 36.4 Å². The van der Waals surface area contributed by atoms with E-state index < -0.39 is 6.10 Å². The monoisotopic (exact) mass is 229 g/mol. The number of hydrogen-bond acceptors (Lipinski definition) is 3. The number of hydrogen-bond donors (Lipinski definition) is 1. The van der Waals surface area contributed by atoms with Crippen molar-refractivity contribution < 1.29 is 14.7 Å². The molecule has 0 spiro atoms. The van der Waals surface area contributed by atoms with Crippen molar-refractivity contribution in [3.8, 4) is 0 Å². The molecule has 2 unspecified atom stereocenters. The quantitative estimate of drug-likeness (QED) is 0.576. The minimum absolute atomic E-state index is 0.269. The lowest BCUT2D eigenvalue weighted by Crippen LogP contribution is -2.38. The Morgan fingerprint density at radius 2 is 1.65 bits per heavy atom. The second-order valence-corrected chi connectivity index (χ2v) is 4.28. The van der Waals surface area contributed by atoms with Crippen molar-refractivity contribution in [1.82, 2.24) is 4.90 Å². The number of rotatable bonds is 1. The molecule has 2 aliphatic rings. The predicted octanol–water partition coefficient (Wildman–Crippen LogP) is 0.972. The van der Waals surface area contributed by atoms with Crippen molar-refractivity contribution >= 4 is 11.8 Å². The van der Waals surface area contributed by atoms with Crippen molar-refractivity contribution in [3.63, 3.8) is 0 Å². The summed E-state index contributed by atoms with van der Waals surface area (Å²) in [5.41, 5.74) is 0.902. The summed E-state index contributed by atoms with van der Waals surface area (Å²) >= 11 is 0. The Kier molecular flexibility index (Phi) is 2.12. The molecule has 0 fully saturated rings. The van der Waals surface area contributed by atoms with Crippen LogP contribution in [-0.4, -0.2) is 34.0 Å². The molecule has 1 aliphatic heterocycles. The van der Waals surface area contributed by atoms with Gasteiger partial charge in [0, 0.05) is 6.42 Å². The molecule has 0 saturated heterocycles. The number of benzene rings is 1. The van der Waals surface area contributed by atoms with Gasteiger partial charge in [-0.15, -0.1) is 0 Å². The van der Waals surface area contributed by atoms with E-state index in [0.29, 0.717) is 17.5 Å². The molecule has 0 bridgehead atoms. The maximum atomic E-state index is 12.1. The molecule has 1 aromatic carbocycles. The molecular weight excluding hydrogens is 218 g/mol. The number of aliphatic hydroxyl groups is 1. The molecule has 1 aliphatic carbocycles. The fourth-order valence-electron chi connectivity index (χ4n) is 2.36. The number of amides is 2. The average Bonchev–Trinajstić information content (AvgIpc) is 2.84. The molecule has 1 heterocycles. The van der Waals surface area contributed by atoms with Crippen LogP contribution in [0.3, 0.4) is 0 Å². The van der Waals surface area contributed by atoms with Gasteiger partial charge in [-0.1, -0.05) is 24.3 Å². The van der Waals surface area contributed by atoms with E-state index in [0.717, 1.165) is 0 Å². The molecule has 0 saturated carbocycles. The van der Waals surface area contributed by atoms with E-state index in [4.69, 9.17) is 0 Å². The Morgan fingerprint density at radius 1 is 1.06 bits per heavy atom. The fourth-order valence-corrected chi connectivity index (χ4v) is 2.36. The van der Waals surface area contributed by atoms with Crippen LogP contribution in [0, 0.1) is 0 Å². The zero-order chi connectivity index (χ0) is 12.0. The van der Waals surface area contributed by atoms with Crippen LogP contribution in [0.15, 0.2) is 36.4 Å². The molecule has 0 radical (unpaired) electrons. The summed E-state index contributed by atoms with van der Waals surface area (Å²) in [6, 6.07) is 6.48. The first kappa shape index (κ1) is 10.2. The van der Waals surface area contributed by atoms with E-state index in [1.165, 1.54) is 4.90 Å². The lowest BCUT2D eigenvalue weighted by Gasteiger charge is -2.20. The van der Waals surface area contributed by atoms with Gasteiger partial charge >= 0.3 is 0 Å². The largest absolute Gasteiger partial charge is 0.389 e. The van der Waals surface area contributed by atoms with E-state index in [-0.39, 0.29) is 17.9 Å². The second-order valence-electron chi connectivity index (χ2n) is 4.28. The SMILES string of the molecule is O=C1c2ccccc2C(=O)N1C1C=CC(O)C1. The predicted molar refractivity (Wildman–Crippen MR) is 60.5 cm³/mol. The van der Waals surface area contributed by atoms with E-state index in [9.17, 15) is 14.7 Å². The van der Waals surface area contributed by atoms with Crippen molar-refractivity contribution in [2.45, 2.75) is 18.6 Å². The van der Waals surface area contributed by atoms with E-state index in [2.05, 4.69) is 0 Å². The third kappa shape index (κ3) is 1.41. The Balaban J connectivity index is 1.98. The molecule has 3 rings (SSSR count). The van der Waals surface area contributed by atoms with Crippen LogP contribution in [0.4, 0.5) is 0 Å². The Morgan fingerprint density at radius 3 is 2.12 bits per heavy atom. The molecule has 4 nitrogen and oxygen atoms in total. The topological polar surface area (TPSA) is 57.6 Å². The average molecular weight is 229 g/mol. The van der Waals surface area contributed by atoms with Crippen molar-refractivity contribution in [2.75, 3.05) is 0 Å². The maximum Gasteiger partial charge on any atom is 0.262 e. The summed E-state index contributed by atoms with van der Waals surface area (Å²) in [5, 5.41) is 9.41. The minimum Gasteiger partial charge on any atom is -0.389 e. The summed E-state index contributed by atoms with van der Waals surface area (Å²) in [7, 11) is 0. The summed E-state index contributed by atoms with van der Waals surface area (Å²) in [6.07, 6.45) is 3.16. The third-order valence-corrected chi connectivity index (χ3v) is 3.20. The number of aliphatic hydroxyl groups excluding tert-OH is 1. The van der Waals surface area contributed by atoms with Crippen LogP contribution in [-0.2, 0) is 0 Å². The standard InChI is InChI=1S/C13H11NO3/c15-9-6-5-8(7-9)14-12(16)10-3-1-2-4-11(10)13(14)17/h1-6,8-9,15H,7H2. The van der Waals surface area contributed by atoms with E-state index in [1.807, 2.05) is 0 Å². The van der Waals surface area contributed by atoms with Crippen LogP contribution in [0.5, 0.6) is 0 Å². The van der Waals surface area contributed by atoms with Gasteiger partial charge < -0.3 is 5.11 Å². The van der Waals surface area contributed by atoms with Crippen molar-refractivity contribution in [3.05, 3.63) is 47.5 Å². The first-order chi connectivity index (χ1) is 8.18. The zero-order valence-corrected chi connectivity index (χ0v) is 9.04. The number of fused-ring (bicyclic) bond motifs is 1. The number of nitrogens with zero attached hydrogens (tertiary/aromatic N) is 1. The molecule has 2 amide bonds. The lowest BCUT2D eigenvalue weighted by molar-refractivity contribution is 0.0596. The minimum atomic E-state index is -0.565. The molecule has 1 N–H and O–H groups in total. The Hall–Kier alpha value is -1.94. The summed E-state index contributed by atoms with van der Waals surface area (Å²) in [4.78, 5) is 25.4. The summed E-state index contributed by atoms with van der Waals surface area (Å²) < 4.78 is 0. The van der Waals surface area contributed by atoms with Crippen LogP contribution in [0.1, 0.15) is 27.1 Å². The summed E-state index contributed by atoms with van der Waals surface area (Å²) in [5.74, 6) is -0.538. The van der Waals surface area contributed by atoms with Gasteiger partial charge in [-0.3, -0.25) is 14.5 Å². The normalized spacial score (nSPS) is 26.8. The van der Waals surface area contributed by atoms with Crippen LogP contribution in [0.25, 0.3) is 0 Å². The highest BCUT2D eigenvalue weighted by Gasteiger charge is 2.40. The number of carbonyl (C=O) groups is 2. The Bertz CT molecular complexity index is 500. The van der Waals surface area contributed by atoms with Crippen molar-refractivity contribution in [1.29, 1.82) is 0 Å². The molecular formula is C13H11NO3. The molecule has 0 aromatic heterocycles. The maximum absolute atomic E-state index is 12.1. The zero-order valence-electron chi connectivity index (χ0n) is 9.04. The first-order valence-corrected chi connectivity index (χ1v) is 5.52. The van der Waals surface area contributed by atoms with Crippen LogP contribution >= 0.6 is 0 Å². The highest BCUT2D eigenvalue weighted by molar-refractivity contribution is 6.21. The van der Waals surface area contributed by atoms with Gasteiger partial charge in [-0.2, -0.15) is 0 Å². The third-order valence-electron chi connectivity index (χ3n) is 3.20. The summed E-state index contributed by atoms with van der Waals surface area (Å²) in [6.45, 7) is 0. The van der Waals surface area contributed by atoms with Gasteiger partial charge in [-0.25, -0.2) is 0 Å². The van der Waals surface area contributed by atoms with Gasteiger partial charge in [0.25, 0.3) is 11.8 Å². The number of imide groups is 1. The van der Waals surface area contributed by atoms with Gasteiger partial charge in [0.15, 0.2) is 0 Å². The number of carbonyl (C=O) groups excluding carboxylic acids is 2. The van der Waals surface area contributed by atoms with E-state index >= 15 is 0 Å². The molecule has 1 aromatic rings. The van der Waals surface area contributed by atoms with Crippen LogP contribution < -0.4 is 0 Å². The van der Waals surface area contributed by atoms with Gasteiger partial charge in [0.2, 0.25) is 0 Å².